The van der Waals surface area contributed by atoms with Gasteiger partial charge < -0.3 is 10.7 Å². The zero-order chi connectivity index (χ0) is 15.0. The van der Waals surface area contributed by atoms with E-state index >= 15 is 0 Å². The molecule has 0 atom stereocenters. The molecule has 0 spiro atoms. The smallest absolute Gasteiger partial charge is 0.272 e. The highest BCUT2D eigenvalue weighted by Gasteiger charge is 2.15. The first-order valence-corrected chi connectivity index (χ1v) is 7.21. The van der Waals surface area contributed by atoms with Crippen LogP contribution in [0.25, 0.3) is 0 Å². The highest BCUT2D eigenvalue weighted by atomic mass is 16.1. The van der Waals surface area contributed by atoms with Crippen molar-refractivity contribution >= 4 is 11.6 Å². The van der Waals surface area contributed by atoms with Crippen LogP contribution in [-0.2, 0) is 0 Å². The van der Waals surface area contributed by atoms with Gasteiger partial charge in [-0.1, -0.05) is 40.0 Å². The molecule has 0 saturated heterocycles. The van der Waals surface area contributed by atoms with Crippen molar-refractivity contribution in [1.29, 1.82) is 0 Å². The molecule has 0 fully saturated rings. The molecular formula is C14H25N5O. The highest BCUT2D eigenvalue weighted by Crippen LogP contribution is 2.15. The van der Waals surface area contributed by atoms with E-state index in [1.54, 1.807) is 6.20 Å². The minimum atomic E-state index is -0.209. The monoisotopic (exact) mass is 279 g/mol. The van der Waals surface area contributed by atoms with Gasteiger partial charge >= 0.3 is 0 Å². The summed E-state index contributed by atoms with van der Waals surface area (Å²) in [6, 6.07) is 0. The van der Waals surface area contributed by atoms with Crippen molar-refractivity contribution in [2.24, 2.45) is 5.84 Å². The van der Waals surface area contributed by atoms with Gasteiger partial charge in [0.15, 0.2) is 5.69 Å². The van der Waals surface area contributed by atoms with E-state index in [1.807, 2.05) is 13.8 Å². The van der Waals surface area contributed by atoms with Crippen LogP contribution in [0.5, 0.6) is 0 Å². The maximum absolute atomic E-state index is 12.1. The normalized spacial score (nSPS) is 10.7. The maximum atomic E-state index is 12.1. The Morgan fingerprint density at radius 1 is 1.35 bits per heavy atom. The molecule has 0 radical (unpaired) electrons. The van der Waals surface area contributed by atoms with E-state index in [9.17, 15) is 4.79 Å². The van der Waals surface area contributed by atoms with Gasteiger partial charge in [0.05, 0.1) is 11.9 Å². The van der Waals surface area contributed by atoms with Crippen LogP contribution in [0.4, 0.5) is 5.69 Å². The van der Waals surface area contributed by atoms with Crippen molar-refractivity contribution in [1.82, 2.24) is 15.3 Å². The summed E-state index contributed by atoms with van der Waals surface area (Å²) in [7, 11) is 0. The number of unbranched alkanes of at least 4 members (excludes halogenated alkanes) is 3. The highest BCUT2D eigenvalue weighted by molar-refractivity contribution is 5.97. The molecule has 4 N–H and O–H groups in total. The largest absolute Gasteiger partial charge is 0.351 e. The van der Waals surface area contributed by atoms with Gasteiger partial charge in [-0.15, -0.1) is 0 Å². The van der Waals surface area contributed by atoms with Crippen LogP contribution < -0.4 is 16.6 Å². The second-order valence-electron chi connectivity index (χ2n) is 5.11. The summed E-state index contributed by atoms with van der Waals surface area (Å²) in [5.74, 6) is 5.99. The van der Waals surface area contributed by atoms with E-state index < -0.39 is 0 Å². The van der Waals surface area contributed by atoms with Gasteiger partial charge in [0.25, 0.3) is 5.91 Å². The Balaban J connectivity index is 2.67. The summed E-state index contributed by atoms with van der Waals surface area (Å²) >= 11 is 0. The fourth-order valence-corrected chi connectivity index (χ4v) is 1.79. The number of nitrogens with one attached hydrogen (secondary N) is 2. The number of rotatable bonds is 8. The molecule has 1 aromatic heterocycles. The molecule has 20 heavy (non-hydrogen) atoms. The molecule has 0 aromatic carbocycles. The van der Waals surface area contributed by atoms with E-state index in [0.717, 1.165) is 12.8 Å². The maximum Gasteiger partial charge on any atom is 0.272 e. The van der Waals surface area contributed by atoms with Crippen LogP contribution in [0.2, 0.25) is 0 Å². The number of carbonyl (C=O) groups excluding carboxylic acids is 1. The second-order valence-corrected chi connectivity index (χ2v) is 5.11. The molecule has 6 heteroatoms. The lowest BCUT2D eigenvalue weighted by Crippen LogP contribution is -2.28. The van der Waals surface area contributed by atoms with E-state index in [4.69, 9.17) is 5.84 Å². The van der Waals surface area contributed by atoms with Crippen molar-refractivity contribution in [2.45, 2.75) is 52.4 Å². The number of nitrogens with two attached hydrogens (primary N) is 1. The first-order valence-electron chi connectivity index (χ1n) is 7.21. The number of carbonyl (C=O) groups is 1. The molecule has 1 amide bonds. The third kappa shape index (κ3) is 4.77. The fraction of sp³-hybridized carbons (Fsp3) is 0.643. The number of amides is 1. The lowest BCUT2D eigenvalue weighted by molar-refractivity contribution is 0.0948. The Kier molecular flexibility index (Phi) is 6.93. The number of nitrogen functional groups attached to an aromatic ring is 1. The number of anilines is 1. The summed E-state index contributed by atoms with van der Waals surface area (Å²) in [4.78, 5) is 20.6. The van der Waals surface area contributed by atoms with E-state index in [1.165, 1.54) is 12.8 Å². The molecular weight excluding hydrogens is 254 g/mol. The zero-order valence-electron chi connectivity index (χ0n) is 12.6. The molecule has 0 aliphatic carbocycles. The zero-order valence-corrected chi connectivity index (χ0v) is 12.6. The Morgan fingerprint density at radius 2 is 2.10 bits per heavy atom. The Bertz CT molecular complexity index is 434. The Labute approximate surface area is 120 Å². The summed E-state index contributed by atoms with van der Waals surface area (Å²) < 4.78 is 0. The standard InChI is InChI=1S/C14H25N5O/c1-4-5-6-7-8-16-14(20)12-11(19-15)9-17-13(18-12)10(2)3/h9-10,19H,4-8,15H2,1-3H3,(H,16,20). The van der Waals surface area contributed by atoms with Gasteiger partial charge in [-0.05, 0) is 6.42 Å². The van der Waals surface area contributed by atoms with Gasteiger partial charge in [-0.25, -0.2) is 9.97 Å². The second kappa shape index (κ2) is 8.47. The molecule has 6 nitrogen and oxygen atoms in total. The summed E-state index contributed by atoms with van der Waals surface area (Å²) in [5.41, 5.74) is 3.22. The molecule has 0 aliphatic heterocycles. The number of hydrogen-bond donors (Lipinski definition) is 3. The van der Waals surface area contributed by atoms with Gasteiger partial charge in [-0.3, -0.25) is 10.6 Å². The first kappa shape index (κ1) is 16.4. The summed E-state index contributed by atoms with van der Waals surface area (Å²) in [6.45, 7) is 6.78. The van der Waals surface area contributed by atoms with Crippen molar-refractivity contribution < 1.29 is 4.79 Å². The van der Waals surface area contributed by atoms with Crippen molar-refractivity contribution in [3.8, 4) is 0 Å². The van der Waals surface area contributed by atoms with Crippen LogP contribution in [-0.4, -0.2) is 22.4 Å². The molecule has 0 unspecified atom stereocenters. The van der Waals surface area contributed by atoms with Gasteiger partial charge in [0.1, 0.15) is 5.82 Å². The van der Waals surface area contributed by atoms with Crippen LogP contribution in [0.3, 0.4) is 0 Å². The quantitative estimate of drug-likeness (QED) is 0.385. The van der Waals surface area contributed by atoms with Crippen molar-refractivity contribution in [3.05, 3.63) is 17.7 Å². The number of nitrogens with zero attached hydrogens (tertiary/aromatic N) is 2. The minimum Gasteiger partial charge on any atom is -0.351 e. The predicted molar refractivity (Wildman–Crippen MR) is 80.4 cm³/mol. The topological polar surface area (TPSA) is 92.9 Å². The molecule has 112 valence electrons. The lowest BCUT2D eigenvalue weighted by Gasteiger charge is -2.11. The SMILES string of the molecule is CCCCCCNC(=O)c1nc(C(C)C)ncc1NN. The molecule has 0 aliphatic rings. The van der Waals surface area contributed by atoms with E-state index in [2.05, 4.69) is 27.6 Å². The average molecular weight is 279 g/mol. The number of hydrogen-bond acceptors (Lipinski definition) is 5. The molecule has 1 aromatic rings. The molecule has 1 rings (SSSR count). The van der Waals surface area contributed by atoms with Crippen molar-refractivity contribution in [2.75, 3.05) is 12.0 Å². The summed E-state index contributed by atoms with van der Waals surface area (Å²) in [5, 5.41) is 2.87. The molecule has 0 saturated carbocycles. The first-order chi connectivity index (χ1) is 9.60. The van der Waals surface area contributed by atoms with E-state index in [-0.39, 0.29) is 11.8 Å². The summed E-state index contributed by atoms with van der Waals surface area (Å²) in [6.07, 6.45) is 6.02. The Hall–Kier alpha value is -1.69. The van der Waals surface area contributed by atoms with Crippen LogP contribution in [0.1, 0.15) is 68.7 Å². The van der Waals surface area contributed by atoms with Gasteiger partial charge in [0, 0.05) is 12.5 Å². The van der Waals surface area contributed by atoms with Gasteiger partial charge in [0.2, 0.25) is 0 Å². The predicted octanol–water partition coefficient (Wildman–Crippen LogP) is 2.20. The lowest BCUT2D eigenvalue weighted by atomic mass is 10.2. The Morgan fingerprint density at radius 3 is 2.70 bits per heavy atom. The fourth-order valence-electron chi connectivity index (χ4n) is 1.79. The number of aromatic nitrogens is 2. The average Bonchev–Trinajstić information content (AvgIpc) is 2.46. The van der Waals surface area contributed by atoms with Crippen LogP contribution >= 0.6 is 0 Å². The minimum absolute atomic E-state index is 0.165. The van der Waals surface area contributed by atoms with Crippen LogP contribution in [0.15, 0.2) is 6.20 Å². The third-order valence-corrected chi connectivity index (χ3v) is 3.01. The number of hydrazine groups is 1. The van der Waals surface area contributed by atoms with Crippen LogP contribution in [0, 0.1) is 0 Å². The molecule has 1 heterocycles. The molecule has 0 bridgehead atoms. The third-order valence-electron chi connectivity index (χ3n) is 3.01. The van der Waals surface area contributed by atoms with Gasteiger partial charge in [-0.2, -0.15) is 0 Å². The van der Waals surface area contributed by atoms with E-state index in [0.29, 0.717) is 23.8 Å². The van der Waals surface area contributed by atoms with Crippen molar-refractivity contribution in [3.63, 3.8) is 0 Å².